The summed E-state index contributed by atoms with van der Waals surface area (Å²) in [7, 11) is -3.65. The minimum atomic E-state index is -3.65. The van der Waals surface area contributed by atoms with Crippen LogP contribution < -0.4 is 4.72 Å². The Bertz CT molecular complexity index is 999. The standard InChI is InChI=1S/C21H26ClN3O4S/c1-21(2,3)29-20(26)25-12-9-16(10-13-25)30(27,28)24-19-8-7-15(14-17(19)22)18-6-4-5-11-23-18/h4-8,11,14,16,24H,9-10,12-13H2,1-3H3. The highest BCUT2D eigenvalue weighted by Crippen LogP contribution is 2.30. The summed E-state index contributed by atoms with van der Waals surface area (Å²) in [5.41, 5.74) is 1.29. The highest BCUT2D eigenvalue weighted by molar-refractivity contribution is 7.93. The maximum Gasteiger partial charge on any atom is 0.410 e. The highest BCUT2D eigenvalue weighted by atomic mass is 35.5. The third-order valence-electron chi connectivity index (χ3n) is 4.71. The number of ether oxygens (including phenoxy) is 1. The maximum atomic E-state index is 12.9. The molecule has 7 nitrogen and oxygen atoms in total. The molecule has 0 aliphatic carbocycles. The van der Waals surface area contributed by atoms with Gasteiger partial charge in [-0.15, -0.1) is 0 Å². The van der Waals surface area contributed by atoms with Gasteiger partial charge in [-0.2, -0.15) is 0 Å². The molecule has 162 valence electrons. The molecule has 0 unspecified atom stereocenters. The zero-order valence-corrected chi connectivity index (χ0v) is 18.8. The van der Waals surface area contributed by atoms with E-state index in [2.05, 4.69) is 9.71 Å². The minimum Gasteiger partial charge on any atom is -0.444 e. The van der Waals surface area contributed by atoms with E-state index in [1.165, 1.54) is 0 Å². The largest absolute Gasteiger partial charge is 0.444 e. The Kier molecular flexibility index (Phi) is 6.57. The predicted octanol–water partition coefficient (Wildman–Crippen LogP) is 4.54. The van der Waals surface area contributed by atoms with Gasteiger partial charge in [0.25, 0.3) is 0 Å². The molecule has 2 aromatic rings. The number of nitrogens with zero attached hydrogens (tertiary/aromatic N) is 2. The van der Waals surface area contributed by atoms with Gasteiger partial charge in [-0.05, 0) is 57.9 Å². The lowest BCUT2D eigenvalue weighted by Gasteiger charge is -2.33. The number of likely N-dealkylation sites (tertiary alicyclic amines) is 1. The van der Waals surface area contributed by atoms with Crippen LogP contribution in [0.3, 0.4) is 0 Å². The van der Waals surface area contributed by atoms with Crippen molar-refractivity contribution in [3.05, 3.63) is 47.6 Å². The molecule has 1 aliphatic rings. The number of aromatic nitrogens is 1. The van der Waals surface area contributed by atoms with E-state index in [0.29, 0.717) is 36.6 Å². The average molecular weight is 452 g/mol. The van der Waals surface area contributed by atoms with Crippen molar-refractivity contribution in [3.8, 4) is 11.3 Å². The molecule has 1 aromatic heterocycles. The summed E-state index contributed by atoms with van der Waals surface area (Å²) in [6, 6.07) is 10.6. The van der Waals surface area contributed by atoms with E-state index in [-0.39, 0.29) is 0 Å². The molecule has 0 radical (unpaired) electrons. The zero-order chi connectivity index (χ0) is 21.9. The van der Waals surface area contributed by atoms with Crippen LogP contribution in [0.25, 0.3) is 11.3 Å². The second kappa shape index (κ2) is 8.81. The lowest BCUT2D eigenvalue weighted by atomic mass is 10.1. The van der Waals surface area contributed by atoms with Gasteiger partial charge in [0.15, 0.2) is 0 Å². The molecule has 1 saturated heterocycles. The normalized spacial score (nSPS) is 15.7. The number of anilines is 1. The molecule has 1 aromatic carbocycles. The number of sulfonamides is 1. The Morgan fingerprint density at radius 1 is 1.20 bits per heavy atom. The summed E-state index contributed by atoms with van der Waals surface area (Å²) < 4.78 is 33.7. The number of amides is 1. The molecule has 30 heavy (non-hydrogen) atoms. The van der Waals surface area contributed by atoms with Gasteiger partial charge in [-0.3, -0.25) is 9.71 Å². The molecular formula is C21H26ClN3O4S. The summed E-state index contributed by atoms with van der Waals surface area (Å²) in [4.78, 5) is 18.0. The second-order valence-electron chi connectivity index (χ2n) is 8.22. The molecule has 0 bridgehead atoms. The number of carbonyl (C=O) groups is 1. The quantitative estimate of drug-likeness (QED) is 0.736. The maximum absolute atomic E-state index is 12.9. The predicted molar refractivity (Wildman–Crippen MR) is 118 cm³/mol. The van der Waals surface area contributed by atoms with Crippen LogP contribution in [-0.4, -0.2) is 48.3 Å². The molecule has 3 rings (SSSR count). The molecule has 1 N–H and O–H groups in total. The smallest absolute Gasteiger partial charge is 0.410 e. The van der Waals surface area contributed by atoms with Crippen molar-refractivity contribution in [3.63, 3.8) is 0 Å². The Hall–Kier alpha value is -2.32. The van der Waals surface area contributed by atoms with Crippen LogP contribution in [0, 0.1) is 0 Å². The third kappa shape index (κ3) is 5.64. The Morgan fingerprint density at radius 3 is 2.47 bits per heavy atom. The first-order chi connectivity index (χ1) is 14.0. The van der Waals surface area contributed by atoms with Crippen LogP contribution in [0.15, 0.2) is 42.6 Å². The van der Waals surface area contributed by atoms with Crippen LogP contribution in [0.5, 0.6) is 0 Å². The lowest BCUT2D eigenvalue weighted by Crippen LogP contribution is -2.45. The Labute approximate surface area is 182 Å². The fraction of sp³-hybridized carbons (Fsp3) is 0.429. The van der Waals surface area contributed by atoms with E-state index in [1.54, 1.807) is 50.1 Å². The number of hydrogen-bond acceptors (Lipinski definition) is 5. The summed E-state index contributed by atoms with van der Waals surface area (Å²) in [6.07, 6.45) is 1.93. The van der Waals surface area contributed by atoms with Crippen LogP contribution in [-0.2, 0) is 14.8 Å². The minimum absolute atomic E-state index is 0.299. The van der Waals surface area contributed by atoms with Gasteiger partial charge >= 0.3 is 6.09 Å². The SMILES string of the molecule is CC(C)(C)OC(=O)N1CCC(S(=O)(=O)Nc2ccc(-c3ccccn3)cc2Cl)CC1. The van der Waals surface area contributed by atoms with E-state index in [1.807, 2.05) is 18.2 Å². The van der Waals surface area contributed by atoms with Crippen molar-refractivity contribution in [1.29, 1.82) is 0 Å². The molecule has 0 saturated carbocycles. The van der Waals surface area contributed by atoms with E-state index >= 15 is 0 Å². The van der Waals surface area contributed by atoms with Crippen LogP contribution in [0.2, 0.25) is 5.02 Å². The second-order valence-corrected chi connectivity index (χ2v) is 10.6. The van der Waals surface area contributed by atoms with E-state index in [9.17, 15) is 13.2 Å². The van der Waals surface area contributed by atoms with Gasteiger partial charge in [-0.25, -0.2) is 13.2 Å². The highest BCUT2D eigenvalue weighted by Gasteiger charge is 2.33. The number of piperidine rings is 1. The van der Waals surface area contributed by atoms with Gasteiger partial charge in [0.2, 0.25) is 10.0 Å². The average Bonchev–Trinajstić information content (AvgIpc) is 2.69. The van der Waals surface area contributed by atoms with Crippen molar-refractivity contribution in [2.75, 3.05) is 17.8 Å². The van der Waals surface area contributed by atoms with Gasteiger partial charge < -0.3 is 9.64 Å². The molecule has 0 spiro atoms. The number of halogens is 1. The van der Waals surface area contributed by atoms with Gasteiger partial charge in [0.05, 0.1) is 21.7 Å². The molecule has 1 amide bonds. The first-order valence-electron chi connectivity index (χ1n) is 9.76. The summed E-state index contributed by atoms with van der Waals surface area (Å²) in [5.74, 6) is 0. The number of benzene rings is 1. The Balaban J connectivity index is 1.64. The first kappa shape index (κ1) is 22.4. The van der Waals surface area contributed by atoms with Crippen molar-refractivity contribution in [2.45, 2.75) is 44.5 Å². The van der Waals surface area contributed by atoms with E-state index < -0.39 is 27.0 Å². The fourth-order valence-electron chi connectivity index (χ4n) is 3.20. The molecule has 2 heterocycles. The molecule has 1 aliphatic heterocycles. The van der Waals surface area contributed by atoms with Crippen molar-refractivity contribution < 1.29 is 17.9 Å². The Morgan fingerprint density at radius 2 is 1.90 bits per heavy atom. The topological polar surface area (TPSA) is 88.6 Å². The number of hydrogen-bond donors (Lipinski definition) is 1. The van der Waals surface area contributed by atoms with Crippen molar-refractivity contribution in [2.24, 2.45) is 0 Å². The third-order valence-corrected chi connectivity index (χ3v) is 6.88. The molecule has 1 fully saturated rings. The van der Waals surface area contributed by atoms with E-state index in [0.717, 1.165) is 11.3 Å². The fourth-order valence-corrected chi connectivity index (χ4v) is 4.97. The first-order valence-corrected chi connectivity index (χ1v) is 11.7. The lowest BCUT2D eigenvalue weighted by molar-refractivity contribution is 0.0217. The zero-order valence-electron chi connectivity index (χ0n) is 17.3. The number of rotatable bonds is 4. The van der Waals surface area contributed by atoms with Crippen LogP contribution in [0.4, 0.5) is 10.5 Å². The molecule has 9 heteroatoms. The van der Waals surface area contributed by atoms with Gasteiger partial charge in [0.1, 0.15) is 5.60 Å². The molecular weight excluding hydrogens is 426 g/mol. The van der Waals surface area contributed by atoms with Crippen molar-refractivity contribution >= 4 is 33.4 Å². The van der Waals surface area contributed by atoms with Crippen LogP contribution >= 0.6 is 11.6 Å². The summed E-state index contributed by atoms with van der Waals surface area (Å²) in [5, 5.41) is -0.310. The van der Waals surface area contributed by atoms with Crippen LogP contribution in [0.1, 0.15) is 33.6 Å². The number of pyridine rings is 1. The van der Waals surface area contributed by atoms with E-state index in [4.69, 9.17) is 16.3 Å². The van der Waals surface area contributed by atoms with Gasteiger partial charge in [0, 0.05) is 24.8 Å². The van der Waals surface area contributed by atoms with Crippen molar-refractivity contribution in [1.82, 2.24) is 9.88 Å². The number of nitrogens with one attached hydrogen (secondary N) is 1. The monoisotopic (exact) mass is 451 g/mol. The summed E-state index contributed by atoms with van der Waals surface area (Å²) in [6.45, 7) is 6.05. The van der Waals surface area contributed by atoms with Gasteiger partial charge in [-0.1, -0.05) is 23.7 Å². The summed E-state index contributed by atoms with van der Waals surface area (Å²) >= 11 is 6.33. The molecule has 0 atom stereocenters. The number of carbonyl (C=O) groups excluding carboxylic acids is 1.